The first-order chi connectivity index (χ1) is 15.2. The number of ketones is 2. The summed E-state index contributed by atoms with van der Waals surface area (Å²) >= 11 is 0. The van der Waals surface area contributed by atoms with Crippen molar-refractivity contribution in [3.63, 3.8) is 0 Å². The van der Waals surface area contributed by atoms with Gasteiger partial charge in [-0.2, -0.15) is 5.26 Å². The molecule has 1 saturated carbocycles. The van der Waals surface area contributed by atoms with E-state index in [1.54, 1.807) is 0 Å². The van der Waals surface area contributed by atoms with Gasteiger partial charge in [0.15, 0.2) is 17.3 Å². The minimum Gasteiger partial charge on any atom is -0.483 e. The van der Waals surface area contributed by atoms with Crippen LogP contribution in [0, 0.1) is 40.7 Å². The Labute approximate surface area is 187 Å². The predicted molar refractivity (Wildman–Crippen MR) is 114 cm³/mol. The van der Waals surface area contributed by atoms with Gasteiger partial charge in [0.2, 0.25) is 5.91 Å². The summed E-state index contributed by atoms with van der Waals surface area (Å²) in [6.45, 7) is 3.37. The average molecular weight is 449 g/mol. The highest BCUT2D eigenvalue weighted by atomic mass is 19.1. The number of halogens is 2. The van der Waals surface area contributed by atoms with Gasteiger partial charge in [0.1, 0.15) is 24.2 Å². The summed E-state index contributed by atoms with van der Waals surface area (Å²) in [6.07, 6.45) is 3.59. The van der Waals surface area contributed by atoms with Gasteiger partial charge in [-0.15, -0.1) is 0 Å². The first-order valence-corrected chi connectivity index (χ1v) is 11.0. The van der Waals surface area contributed by atoms with Crippen molar-refractivity contribution in [2.24, 2.45) is 17.8 Å². The van der Waals surface area contributed by atoms with Crippen LogP contribution in [-0.2, 0) is 14.4 Å². The van der Waals surface area contributed by atoms with E-state index >= 15 is 0 Å². The Morgan fingerprint density at radius 2 is 2.03 bits per heavy atom. The van der Waals surface area contributed by atoms with Crippen LogP contribution >= 0.6 is 0 Å². The number of Topliss-reactive ketones (excluding diaryl/α,β-unsaturated/α-hetero) is 2. The largest absolute Gasteiger partial charge is 0.483 e. The van der Waals surface area contributed by atoms with Crippen molar-refractivity contribution >= 4 is 17.5 Å². The van der Waals surface area contributed by atoms with E-state index in [2.05, 4.69) is 11.4 Å². The van der Waals surface area contributed by atoms with E-state index in [4.69, 9.17) is 4.74 Å². The summed E-state index contributed by atoms with van der Waals surface area (Å²) in [4.78, 5) is 37.3. The summed E-state index contributed by atoms with van der Waals surface area (Å²) in [5.74, 6) is -3.40. The third kappa shape index (κ3) is 8.03. The topological polar surface area (TPSA) is 96.3 Å². The minimum atomic E-state index is -0.914. The summed E-state index contributed by atoms with van der Waals surface area (Å²) in [5.41, 5.74) is 0. The molecular formula is C24H30F2N2O4. The highest BCUT2D eigenvalue weighted by Gasteiger charge is 2.29. The van der Waals surface area contributed by atoms with Gasteiger partial charge < -0.3 is 10.1 Å². The maximum Gasteiger partial charge on any atom is 0.224 e. The molecule has 1 aromatic carbocycles. The smallest absolute Gasteiger partial charge is 0.224 e. The van der Waals surface area contributed by atoms with Crippen LogP contribution in [0.2, 0.25) is 0 Å². The Hall–Kier alpha value is -2.82. The van der Waals surface area contributed by atoms with Crippen molar-refractivity contribution in [3.8, 4) is 11.8 Å². The maximum atomic E-state index is 13.7. The van der Waals surface area contributed by atoms with E-state index in [1.807, 2.05) is 13.8 Å². The number of hydrogen-bond acceptors (Lipinski definition) is 5. The molecular weight excluding hydrogens is 418 g/mol. The van der Waals surface area contributed by atoms with Gasteiger partial charge in [-0.1, -0.05) is 20.3 Å². The highest BCUT2D eigenvalue weighted by molar-refractivity contribution is 5.88. The molecule has 1 fully saturated rings. The molecule has 1 amide bonds. The van der Waals surface area contributed by atoms with E-state index in [1.165, 1.54) is 0 Å². The molecule has 0 heterocycles. The molecule has 174 valence electrons. The molecule has 0 aliphatic heterocycles. The number of carbonyl (C=O) groups excluding carboxylic acids is 3. The second-order valence-corrected chi connectivity index (χ2v) is 8.77. The minimum absolute atomic E-state index is 0.120. The number of carbonyl (C=O) groups is 3. The molecule has 1 aromatic rings. The molecule has 3 atom stereocenters. The zero-order valence-electron chi connectivity index (χ0n) is 18.5. The van der Waals surface area contributed by atoms with Crippen LogP contribution < -0.4 is 10.1 Å². The monoisotopic (exact) mass is 448 g/mol. The third-order valence-electron chi connectivity index (χ3n) is 5.56. The van der Waals surface area contributed by atoms with Gasteiger partial charge in [0.25, 0.3) is 0 Å². The van der Waals surface area contributed by atoms with Crippen LogP contribution in [0.3, 0.4) is 0 Å². The van der Waals surface area contributed by atoms with Crippen LogP contribution in [0.5, 0.6) is 5.75 Å². The Morgan fingerprint density at radius 3 is 2.66 bits per heavy atom. The fourth-order valence-electron chi connectivity index (χ4n) is 3.96. The van der Waals surface area contributed by atoms with Gasteiger partial charge in [0.05, 0.1) is 6.07 Å². The van der Waals surface area contributed by atoms with E-state index in [0.717, 1.165) is 31.4 Å². The molecule has 0 spiro atoms. The van der Waals surface area contributed by atoms with Crippen molar-refractivity contribution in [2.75, 3.05) is 6.61 Å². The molecule has 0 saturated heterocycles. The molecule has 1 aliphatic rings. The van der Waals surface area contributed by atoms with E-state index in [9.17, 15) is 28.4 Å². The average Bonchev–Trinajstić information content (AvgIpc) is 2.73. The van der Waals surface area contributed by atoms with Crippen molar-refractivity contribution < 1.29 is 27.9 Å². The van der Waals surface area contributed by atoms with Crippen molar-refractivity contribution in [2.45, 2.75) is 64.8 Å². The second kappa shape index (κ2) is 12.3. The molecule has 8 heteroatoms. The Balaban J connectivity index is 1.94. The number of hydrogen-bond donors (Lipinski definition) is 1. The predicted octanol–water partition coefficient (Wildman–Crippen LogP) is 4.12. The summed E-state index contributed by atoms with van der Waals surface area (Å²) in [5, 5.41) is 12.2. The zero-order valence-corrected chi connectivity index (χ0v) is 18.5. The quantitative estimate of drug-likeness (QED) is 0.549. The zero-order chi connectivity index (χ0) is 23.7. The number of nitriles is 1. The Morgan fingerprint density at radius 1 is 1.28 bits per heavy atom. The second-order valence-electron chi connectivity index (χ2n) is 8.77. The summed E-state index contributed by atoms with van der Waals surface area (Å²) in [7, 11) is 0. The summed E-state index contributed by atoms with van der Waals surface area (Å²) < 4.78 is 31.8. The van der Waals surface area contributed by atoms with Gasteiger partial charge in [-0.05, 0) is 43.7 Å². The number of ether oxygens (including phenoxy) is 1. The van der Waals surface area contributed by atoms with Crippen molar-refractivity contribution in [3.05, 3.63) is 29.8 Å². The molecule has 0 aromatic heterocycles. The van der Waals surface area contributed by atoms with Gasteiger partial charge >= 0.3 is 0 Å². The lowest BCUT2D eigenvalue weighted by atomic mass is 9.83. The number of nitrogens with zero attached hydrogens (tertiary/aromatic N) is 1. The van der Waals surface area contributed by atoms with Crippen LogP contribution in [0.15, 0.2) is 18.2 Å². The number of benzene rings is 1. The molecule has 2 rings (SSSR count). The van der Waals surface area contributed by atoms with Crippen LogP contribution in [0.25, 0.3) is 0 Å². The Bertz CT molecular complexity index is 866. The molecule has 1 aliphatic carbocycles. The molecule has 0 unspecified atom stereocenters. The fraction of sp³-hybridized carbons (Fsp3) is 0.583. The number of nitrogens with one attached hydrogen (secondary N) is 1. The van der Waals surface area contributed by atoms with Crippen molar-refractivity contribution in [1.29, 1.82) is 5.26 Å². The van der Waals surface area contributed by atoms with Gasteiger partial charge in [-0.25, -0.2) is 8.78 Å². The number of rotatable bonds is 11. The standard InChI is InChI=1S/C24H30F2N2O4/c1-15(2)9-17(11-20(29)14-32-23-8-7-18(25)12-21(23)26)24(31)28-19(13-27)10-16-5-3-4-6-22(16)30/h7-8,12,15-17,19H,3-6,9-11,14H2,1-2H3,(H,28,31)/t16-,17+,19-/m0/s1. The van der Waals surface area contributed by atoms with E-state index < -0.39 is 41.9 Å². The van der Waals surface area contributed by atoms with Gasteiger partial charge in [-0.3, -0.25) is 14.4 Å². The first-order valence-electron chi connectivity index (χ1n) is 11.0. The van der Waals surface area contributed by atoms with Crippen LogP contribution in [0.4, 0.5) is 8.78 Å². The SMILES string of the molecule is CC(C)C[C@H](CC(=O)COc1ccc(F)cc1F)C(=O)N[C@H](C#N)C[C@@H]1CCCCC1=O. The maximum absolute atomic E-state index is 13.7. The first kappa shape index (κ1) is 25.4. The molecule has 1 N–H and O–H groups in total. The molecule has 0 bridgehead atoms. The normalized spacial score (nSPS) is 18.0. The Kier molecular flexibility index (Phi) is 9.76. The van der Waals surface area contributed by atoms with Crippen LogP contribution in [0.1, 0.15) is 58.8 Å². The lowest BCUT2D eigenvalue weighted by Crippen LogP contribution is -2.41. The number of amides is 1. The van der Waals surface area contributed by atoms with E-state index in [0.29, 0.717) is 18.9 Å². The lowest BCUT2D eigenvalue weighted by molar-refractivity contribution is -0.131. The molecule has 6 nitrogen and oxygen atoms in total. The van der Waals surface area contributed by atoms with E-state index in [-0.39, 0.29) is 36.2 Å². The summed E-state index contributed by atoms with van der Waals surface area (Å²) in [6, 6.07) is 4.03. The van der Waals surface area contributed by atoms with Gasteiger partial charge in [0, 0.05) is 30.7 Å². The fourth-order valence-corrected chi connectivity index (χ4v) is 3.96. The molecule has 32 heavy (non-hydrogen) atoms. The third-order valence-corrected chi connectivity index (χ3v) is 5.56. The van der Waals surface area contributed by atoms with Crippen LogP contribution in [-0.4, -0.2) is 30.1 Å². The lowest BCUT2D eigenvalue weighted by Gasteiger charge is -2.24. The highest BCUT2D eigenvalue weighted by Crippen LogP contribution is 2.25. The molecule has 0 radical (unpaired) electrons. The van der Waals surface area contributed by atoms with Crippen molar-refractivity contribution in [1.82, 2.24) is 5.32 Å².